The molecule has 18 heavy (non-hydrogen) atoms. The number of amides is 1. The van der Waals surface area contributed by atoms with Gasteiger partial charge in [0.15, 0.2) is 6.29 Å². The van der Waals surface area contributed by atoms with Crippen molar-refractivity contribution in [1.82, 2.24) is 5.32 Å². The molecule has 1 N–H and O–H groups in total. The lowest BCUT2D eigenvalue weighted by Gasteiger charge is -2.09. The predicted molar refractivity (Wildman–Crippen MR) is 72.9 cm³/mol. The molecule has 0 saturated heterocycles. The molecule has 98 valence electrons. The molecule has 0 spiro atoms. The van der Waals surface area contributed by atoms with Gasteiger partial charge in [-0.05, 0) is 32.0 Å². The average Bonchev–Trinajstić information content (AvgIpc) is 2.30. The van der Waals surface area contributed by atoms with Crippen LogP contribution in [0.15, 0.2) is 22.7 Å². The molecule has 0 aliphatic carbocycles. The number of halogens is 1. The summed E-state index contributed by atoms with van der Waals surface area (Å²) in [5.74, 6) is 0.537. The minimum Gasteiger partial charge on any atom is -0.493 e. The maximum Gasteiger partial charge on any atom is 0.223 e. The number of carbonyl (C=O) groups excluding carboxylic acids is 2. The van der Waals surface area contributed by atoms with Crippen molar-refractivity contribution in [2.75, 3.05) is 6.61 Å². The number of hydrogen-bond donors (Lipinski definition) is 1. The van der Waals surface area contributed by atoms with E-state index >= 15 is 0 Å². The van der Waals surface area contributed by atoms with Crippen molar-refractivity contribution in [1.29, 1.82) is 0 Å². The highest BCUT2D eigenvalue weighted by Crippen LogP contribution is 2.21. The van der Waals surface area contributed by atoms with Gasteiger partial charge in [-0.3, -0.25) is 9.59 Å². The molecule has 0 bridgehead atoms. The molecule has 1 aromatic carbocycles. The zero-order valence-corrected chi connectivity index (χ0v) is 12.0. The van der Waals surface area contributed by atoms with Crippen molar-refractivity contribution < 1.29 is 14.3 Å². The van der Waals surface area contributed by atoms with Gasteiger partial charge in [0, 0.05) is 16.1 Å². The fourth-order valence-corrected chi connectivity index (χ4v) is 1.70. The van der Waals surface area contributed by atoms with Gasteiger partial charge in [0.2, 0.25) is 5.91 Å². The summed E-state index contributed by atoms with van der Waals surface area (Å²) in [5.41, 5.74) is 0.527. The zero-order valence-electron chi connectivity index (χ0n) is 10.4. The second-order valence-electron chi connectivity index (χ2n) is 4.12. The van der Waals surface area contributed by atoms with Crippen LogP contribution in [-0.2, 0) is 4.79 Å². The first-order chi connectivity index (χ1) is 8.52. The topological polar surface area (TPSA) is 55.4 Å². The molecule has 0 atom stereocenters. The Morgan fingerprint density at radius 2 is 2.22 bits per heavy atom. The summed E-state index contributed by atoms with van der Waals surface area (Å²) in [6, 6.07) is 5.26. The van der Waals surface area contributed by atoms with Crippen LogP contribution < -0.4 is 10.1 Å². The van der Waals surface area contributed by atoms with Crippen LogP contribution in [0.25, 0.3) is 0 Å². The number of nitrogens with one attached hydrogen (secondary N) is 1. The number of hydrogen-bond acceptors (Lipinski definition) is 3. The maximum absolute atomic E-state index is 11.4. The van der Waals surface area contributed by atoms with Gasteiger partial charge in [-0.25, -0.2) is 0 Å². The lowest BCUT2D eigenvalue weighted by Crippen LogP contribution is -2.31. The first kappa shape index (κ1) is 14.7. The third kappa shape index (κ3) is 4.87. The number of benzene rings is 1. The Bertz CT molecular complexity index is 432. The maximum atomic E-state index is 11.4. The van der Waals surface area contributed by atoms with Crippen LogP contribution >= 0.6 is 15.9 Å². The van der Waals surface area contributed by atoms with E-state index in [1.165, 1.54) is 0 Å². The van der Waals surface area contributed by atoms with Gasteiger partial charge in [0.1, 0.15) is 5.75 Å². The molecule has 0 saturated carbocycles. The van der Waals surface area contributed by atoms with Gasteiger partial charge >= 0.3 is 0 Å². The van der Waals surface area contributed by atoms with Crippen molar-refractivity contribution in [3.8, 4) is 5.75 Å². The van der Waals surface area contributed by atoms with Crippen LogP contribution in [0.1, 0.15) is 30.6 Å². The molecule has 1 rings (SSSR count). The van der Waals surface area contributed by atoms with E-state index in [4.69, 9.17) is 4.74 Å². The number of aldehydes is 1. The standard InChI is InChI=1S/C13H16BrNO3/c1-9(2)15-13(17)5-6-18-11-3-4-12(14)10(7-11)8-16/h3-4,7-9H,5-6H2,1-2H3,(H,15,17). The smallest absolute Gasteiger partial charge is 0.223 e. The Hall–Kier alpha value is -1.36. The highest BCUT2D eigenvalue weighted by Gasteiger charge is 2.05. The van der Waals surface area contributed by atoms with Gasteiger partial charge in [-0.2, -0.15) is 0 Å². The quantitative estimate of drug-likeness (QED) is 0.821. The van der Waals surface area contributed by atoms with Gasteiger partial charge in [0.05, 0.1) is 13.0 Å². The van der Waals surface area contributed by atoms with E-state index in [1.54, 1.807) is 18.2 Å². The average molecular weight is 314 g/mol. The molecule has 1 aromatic rings. The summed E-state index contributed by atoms with van der Waals surface area (Å²) in [5, 5.41) is 2.78. The fraction of sp³-hybridized carbons (Fsp3) is 0.385. The first-order valence-corrected chi connectivity index (χ1v) is 6.49. The van der Waals surface area contributed by atoms with E-state index in [-0.39, 0.29) is 11.9 Å². The molecule has 0 aliphatic heterocycles. The first-order valence-electron chi connectivity index (χ1n) is 5.70. The number of rotatable bonds is 6. The lowest BCUT2D eigenvalue weighted by molar-refractivity contribution is -0.122. The molecule has 1 amide bonds. The molecule has 0 aliphatic rings. The Kier molecular flexibility index (Phi) is 5.85. The van der Waals surface area contributed by atoms with Crippen molar-refractivity contribution in [3.63, 3.8) is 0 Å². The summed E-state index contributed by atoms with van der Waals surface area (Å²) >= 11 is 3.26. The van der Waals surface area contributed by atoms with Crippen LogP contribution in [0, 0.1) is 0 Å². The molecule has 0 fully saturated rings. The van der Waals surface area contributed by atoms with Crippen LogP contribution in [0.5, 0.6) is 5.75 Å². The second kappa shape index (κ2) is 7.16. The van der Waals surface area contributed by atoms with Gasteiger partial charge in [0.25, 0.3) is 0 Å². The molecule has 0 heterocycles. The second-order valence-corrected chi connectivity index (χ2v) is 4.98. The molecule has 5 heteroatoms. The Morgan fingerprint density at radius 1 is 1.50 bits per heavy atom. The summed E-state index contributed by atoms with van der Waals surface area (Å²) in [4.78, 5) is 22.1. The van der Waals surface area contributed by atoms with Crippen molar-refractivity contribution in [2.24, 2.45) is 0 Å². The van der Waals surface area contributed by atoms with E-state index in [0.29, 0.717) is 24.3 Å². The van der Waals surface area contributed by atoms with Crippen molar-refractivity contribution in [2.45, 2.75) is 26.3 Å². The van der Waals surface area contributed by atoms with E-state index < -0.39 is 0 Å². The SMILES string of the molecule is CC(C)NC(=O)CCOc1ccc(Br)c(C=O)c1. The highest BCUT2D eigenvalue weighted by molar-refractivity contribution is 9.10. The highest BCUT2D eigenvalue weighted by atomic mass is 79.9. The normalized spacial score (nSPS) is 10.2. The largest absolute Gasteiger partial charge is 0.493 e. The van der Waals surface area contributed by atoms with Crippen LogP contribution in [0.2, 0.25) is 0 Å². The molecular weight excluding hydrogens is 298 g/mol. The summed E-state index contributed by atoms with van der Waals surface area (Å²) in [7, 11) is 0. The minimum absolute atomic E-state index is 0.0438. The summed E-state index contributed by atoms with van der Waals surface area (Å²) in [6.45, 7) is 4.10. The third-order valence-electron chi connectivity index (χ3n) is 2.14. The molecule has 0 unspecified atom stereocenters. The van der Waals surface area contributed by atoms with Crippen LogP contribution in [0.4, 0.5) is 0 Å². The fourth-order valence-electron chi connectivity index (χ4n) is 1.36. The zero-order chi connectivity index (χ0) is 13.5. The summed E-state index contributed by atoms with van der Waals surface area (Å²) < 4.78 is 6.14. The number of carbonyl (C=O) groups is 2. The Morgan fingerprint density at radius 3 is 2.83 bits per heavy atom. The molecule has 4 nitrogen and oxygen atoms in total. The van der Waals surface area contributed by atoms with Gasteiger partial charge < -0.3 is 10.1 Å². The van der Waals surface area contributed by atoms with E-state index in [0.717, 1.165) is 10.8 Å². The Labute approximate surface area is 115 Å². The van der Waals surface area contributed by atoms with Crippen LogP contribution in [0.3, 0.4) is 0 Å². The number of ether oxygens (including phenoxy) is 1. The monoisotopic (exact) mass is 313 g/mol. The Balaban J connectivity index is 2.44. The lowest BCUT2D eigenvalue weighted by atomic mass is 10.2. The predicted octanol–water partition coefficient (Wildman–Crippen LogP) is 2.56. The van der Waals surface area contributed by atoms with E-state index in [9.17, 15) is 9.59 Å². The van der Waals surface area contributed by atoms with Gasteiger partial charge in [-0.15, -0.1) is 0 Å². The molecule has 0 radical (unpaired) electrons. The van der Waals surface area contributed by atoms with Gasteiger partial charge in [-0.1, -0.05) is 15.9 Å². The van der Waals surface area contributed by atoms with E-state index in [1.807, 2.05) is 13.8 Å². The van der Waals surface area contributed by atoms with Crippen molar-refractivity contribution >= 4 is 28.1 Å². The molecule has 0 aromatic heterocycles. The minimum atomic E-state index is -0.0438. The third-order valence-corrected chi connectivity index (χ3v) is 2.86. The molecular formula is C13H16BrNO3. The van der Waals surface area contributed by atoms with E-state index in [2.05, 4.69) is 21.2 Å². The summed E-state index contributed by atoms with van der Waals surface area (Å²) in [6.07, 6.45) is 1.05. The van der Waals surface area contributed by atoms with Crippen molar-refractivity contribution in [3.05, 3.63) is 28.2 Å². The van der Waals surface area contributed by atoms with Crippen LogP contribution in [-0.4, -0.2) is 24.8 Å².